The maximum absolute atomic E-state index is 13.9. The van der Waals surface area contributed by atoms with Crippen molar-refractivity contribution in [2.75, 3.05) is 20.6 Å². The van der Waals surface area contributed by atoms with Crippen molar-refractivity contribution in [3.8, 4) is 22.6 Å². The predicted molar refractivity (Wildman–Crippen MR) is 243 cm³/mol. The van der Waals surface area contributed by atoms with Gasteiger partial charge >= 0.3 is 5.97 Å². The summed E-state index contributed by atoms with van der Waals surface area (Å²) >= 11 is 0. The van der Waals surface area contributed by atoms with E-state index in [1.165, 1.54) is 116 Å². The molecule has 0 radical (unpaired) electrons. The molecule has 65 heavy (non-hydrogen) atoms. The molecule has 18 heteroatoms. The number of phenolic OH excluding ortho intramolecular Hbond substituents is 2. The zero-order chi connectivity index (χ0) is 48.2. The first-order valence-electron chi connectivity index (χ1n) is 22.7. The van der Waals surface area contributed by atoms with Gasteiger partial charge in [-0.15, -0.1) is 0 Å². The number of hydrogen-bond donors (Lipinski definition) is 8. The number of aromatic hydroxyl groups is 2. The van der Waals surface area contributed by atoms with Gasteiger partial charge in [-0.1, -0.05) is 96.1 Å². The van der Waals surface area contributed by atoms with Crippen LogP contribution >= 0.6 is 0 Å². The molecule has 1 aliphatic rings. The van der Waals surface area contributed by atoms with Crippen molar-refractivity contribution >= 4 is 47.3 Å². The van der Waals surface area contributed by atoms with Crippen LogP contribution in [0.1, 0.15) is 134 Å². The molecule has 0 aromatic heterocycles. The highest BCUT2D eigenvalue weighted by Gasteiger charge is 2.34. The lowest BCUT2D eigenvalue weighted by atomic mass is 9.94. The van der Waals surface area contributed by atoms with Gasteiger partial charge in [0.2, 0.25) is 41.4 Å². The number of carboxylic acid groups (broad SMARTS) is 1. The van der Waals surface area contributed by atoms with Gasteiger partial charge in [-0.2, -0.15) is 0 Å². The number of hydrogen-bond acceptors (Lipinski definition) is 10. The van der Waals surface area contributed by atoms with Crippen molar-refractivity contribution in [2.24, 2.45) is 5.73 Å². The fourth-order valence-electron chi connectivity index (χ4n) is 7.71. The van der Waals surface area contributed by atoms with Crippen LogP contribution in [-0.2, 0) is 44.8 Å². The van der Waals surface area contributed by atoms with Gasteiger partial charge in [-0.05, 0) is 55.7 Å². The normalized spacial score (nSPS) is 17.0. The largest absolute Gasteiger partial charge is 0.507 e. The topological polar surface area (TPSA) is 278 Å². The summed E-state index contributed by atoms with van der Waals surface area (Å²) in [4.78, 5) is 107. The van der Waals surface area contributed by atoms with E-state index in [-0.39, 0.29) is 46.9 Å². The van der Waals surface area contributed by atoms with Crippen LogP contribution in [0.2, 0.25) is 0 Å². The summed E-state index contributed by atoms with van der Waals surface area (Å²) in [5, 5.41) is 41.3. The Hall–Kier alpha value is -6.20. The van der Waals surface area contributed by atoms with Crippen LogP contribution in [-0.4, -0.2) is 117 Å². The van der Waals surface area contributed by atoms with Crippen molar-refractivity contribution in [3.05, 3.63) is 47.5 Å². The molecule has 7 amide bonds. The summed E-state index contributed by atoms with van der Waals surface area (Å²) in [5.74, 6) is -7.24. The van der Waals surface area contributed by atoms with Crippen molar-refractivity contribution < 1.29 is 53.7 Å². The van der Waals surface area contributed by atoms with Crippen LogP contribution < -0.4 is 27.0 Å². The van der Waals surface area contributed by atoms with Gasteiger partial charge in [0.05, 0.1) is 13.0 Å². The van der Waals surface area contributed by atoms with Crippen molar-refractivity contribution in [1.29, 1.82) is 0 Å². The molecule has 2 aromatic carbocycles. The van der Waals surface area contributed by atoms with Crippen LogP contribution in [0, 0.1) is 0 Å². The first-order valence-corrected chi connectivity index (χ1v) is 22.7. The van der Waals surface area contributed by atoms with E-state index in [1.54, 1.807) is 0 Å². The van der Waals surface area contributed by atoms with Gasteiger partial charge < -0.3 is 52.1 Å². The number of nitrogens with zero attached hydrogens (tertiary/aromatic N) is 2. The minimum absolute atomic E-state index is 0.0564. The fourth-order valence-corrected chi connectivity index (χ4v) is 7.71. The number of likely N-dealkylation sites (N-methyl/N-ethyl adjacent to an activating group) is 2. The Kier molecular flexibility index (Phi) is 21.7. The lowest BCUT2D eigenvalue weighted by Crippen LogP contribution is -2.55. The lowest BCUT2D eigenvalue weighted by molar-refractivity contribution is -0.143. The van der Waals surface area contributed by atoms with E-state index in [0.717, 1.165) is 35.5 Å². The summed E-state index contributed by atoms with van der Waals surface area (Å²) < 4.78 is 0. The number of primary amides is 1. The second-order valence-electron chi connectivity index (χ2n) is 17.0. The molecule has 2 aromatic rings. The smallest absolute Gasteiger partial charge is 0.326 e. The molecule has 18 nitrogen and oxygen atoms in total. The molecule has 3 rings (SSSR count). The Morgan fingerprint density at radius 2 is 1.32 bits per heavy atom. The van der Waals surface area contributed by atoms with Crippen LogP contribution in [0.5, 0.6) is 11.5 Å². The minimum Gasteiger partial charge on any atom is -0.507 e. The highest BCUT2D eigenvalue weighted by Crippen LogP contribution is 2.38. The quantitative estimate of drug-likeness (QED) is 0.0704. The Morgan fingerprint density at radius 3 is 1.89 bits per heavy atom. The summed E-state index contributed by atoms with van der Waals surface area (Å²) in [7, 11) is 2.66. The molecule has 1 aliphatic heterocycles. The number of carbonyl (C=O) groups is 8. The van der Waals surface area contributed by atoms with E-state index < -0.39 is 84.6 Å². The van der Waals surface area contributed by atoms with Gasteiger partial charge in [0.25, 0.3) is 0 Å². The number of unbranched alkanes of at least 4 members (excludes halogenated alkanes) is 12. The molecular formula is C47H69N7O11. The van der Waals surface area contributed by atoms with Gasteiger partial charge in [-0.3, -0.25) is 33.6 Å². The molecule has 1 heterocycles. The highest BCUT2D eigenvalue weighted by molar-refractivity contribution is 5.97. The third kappa shape index (κ3) is 16.7. The van der Waals surface area contributed by atoms with Crippen LogP contribution in [0.15, 0.2) is 36.4 Å². The molecule has 0 saturated carbocycles. The molecule has 358 valence electrons. The molecule has 9 N–H and O–H groups in total. The van der Waals surface area contributed by atoms with Crippen LogP contribution in [0.25, 0.3) is 11.1 Å². The maximum atomic E-state index is 13.9. The van der Waals surface area contributed by atoms with Gasteiger partial charge in [0, 0.05) is 38.1 Å². The fraction of sp³-hybridized carbons (Fsp3) is 0.574. The molecule has 0 fully saturated rings. The third-order valence-corrected chi connectivity index (χ3v) is 11.7. The second-order valence-corrected chi connectivity index (χ2v) is 17.0. The molecule has 4 bridgehead atoms. The standard InChI is InChI=1S/C47H69N7O11/c1-6-7-8-9-10-11-12-13-14-15-16-17-18-19-40(58)53(4)36(27-39(48)57)45(62)50-29(2)43(60)49-28-41(59)54(5)42-32-21-23-38(56)34(26-32)33-24-31(20-22-37(33)55)25-35(47(64)65)52-44(61)30(3)51-46(42)63/h20-24,26,29-30,35-36,42,55-56H,6-19,25,27-28H2,1-5H3,(H2,48,57)(H,49,60)(H,50,62)(H,51,63)(H,52,61)(H,64,65)/t29-,30+,35+,36-,42+/m1/s1. The number of carboxylic acids is 1. The third-order valence-electron chi connectivity index (χ3n) is 11.7. The van der Waals surface area contributed by atoms with E-state index in [9.17, 15) is 53.7 Å². The zero-order valence-corrected chi connectivity index (χ0v) is 38.5. The first kappa shape index (κ1) is 53.1. The number of benzene rings is 2. The second kappa shape index (κ2) is 26.6. The SMILES string of the molecule is CCCCCCCCCCCCCCCC(=O)N(C)[C@H](CC(N)=O)C(=O)N[C@H](C)C(=O)NCC(=O)N(C)[C@@H]1C(=O)N[C@@H](C)C(=O)N[C@H](C(=O)O)Cc2ccc(O)c(c2)-c2cc1ccc2O. The molecule has 5 atom stereocenters. The van der Waals surface area contributed by atoms with Gasteiger partial charge in [-0.25, -0.2) is 4.79 Å². The zero-order valence-electron chi connectivity index (χ0n) is 38.5. The molecule has 0 saturated heterocycles. The summed E-state index contributed by atoms with van der Waals surface area (Å²) in [5.41, 5.74) is 6.12. The van der Waals surface area contributed by atoms with Crippen LogP contribution in [0.4, 0.5) is 0 Å². The first-order chi connectivity index (χ1) is 30.9. The summed E-state index contributed by atoms with van der Waals surface area (Å²) in [6.45, 7) is 4.21. The van der Waals surface area contributed by atoms with E-state index in [1.807, 2.05) is 0 Å². The molecular weight excluding hydrogens is 839 g/mol. The Labute approximate surface area is 381 Å². The lowest BCUT2D eigenvalue weighted by Gasteiger charge is -2.30. The number of fused-ring (bicyclic) bond motifs is 5. The summed E-state index contributed by atoms with van der Waals surface area (Å²) in [6.07, 6.45) is 14.4. The number of aliphatic carboxylic acids is 1. The average molecular weight is 908 g/mol. The van der Waals surface area contributed by atoms with Crippen LogP contribution in [0.3, 0.4) is 0 Å². The Morgan fingerprint density at radius 1 is 0.769 bits per heavy atom. The van der Waals surface area contributed by atoms with E-state index >= 15 is 0 Å². The maximum Gasteiger partial charge on any atom is 0.326 e. The van der Waals surface area contributed by atoms with Crippen molar-refractivity contribution in [2.45, 2.75) is 154 Å². The Balaban J connectivity index is 1.64. The van der Waals surface area contributed by atoms with Gasteiger partial charge in [0.15, 0.2) is 0 Å². The molecule has 0 spiro atoms. The van der Waals surface area contributed by atoms with E-state index in [4.69, 9.17) is 5.73 Å². The average Bonchev–Trinajstić information content (AvgIpc) is 3.26. The number of nitrogens with two attached hydrogens (primary N) is 1. The minimum atomic E-state index is -1.49. The molecule has 0 unspecified atom stereocenters. The van der Waals surface area contributed by atoms with E-state index in [2.05, 4.69) is 28.2 Å². The summed E-state index contributed by atoms with van der Waals surface area (Å²) in [6, 6.07) is 1.46. The Bertz CT molecular complexity index is 1990. The van der Waals surface area contributed by atoms with E-state index in [0.29, 0.717) is 12.0 Å². The van der Waals surface area contributed by atoms with Crippen molar-refractivity contribution in [1.82, 2.24) is 31.1 Å². The van der Waals surface area contributed by atoms with Crippen molar-refractivity contribution in [3.63, 3.8) is 0 Å². The molecule has 0 aliphatic carbocycles. The highest BCUT2D eigenvalue weighted by atomic mass is 16.4. The monoisotopic (exact) mass is 908 g/mol. The number of rotatable bonds is 24. The number of amides is 7. The number of carbonyl (C=O) groups excluding carboxylic acids is 7. The predicted octanol–water partition coefficient (Wildman–Crippen LogP) is 3.70. The van der Waals surface area contributed by atoms with Gasteiger partial charge in [0.1, 0.15) is 41.7 Å². The number of nitrogens with one attached hydrogen (secondary N) is 4. The number of phenols is 2.